The molecule has 3 aromatic carbocycles. The van der Waals surface area contributed by atoms with Crippen molar-refractivity contribution in [1.82, 2.24) is 9.80 Å². The molecule has 0 saturated carbocycles. The molecule has 4 rings (SSSR count). The number of nitrogens with zero attached hydrogens (tertiary/aromatic N) is 2. The minimum Gasteiger partial charge on any atom is -0.450 e. The van der Waals surface area contributed by atoms with Crippen LogP contribution in [-0.4, -0.2) is 61.5 Å². The summed E-state index contributed by atoms with van der Waals surface area (Å²) in [5, 5.41) is 5.60. The van der Waals surface area contributed by atoms with Gasteiger partial charge in [-0.3, -0.25) is 19.8 Å². The number of rotatable bonds is 5. The number of carbonyl (C=O) groups excluding carboxylic acids is 3. The second kappa shape index (κ2) is 7.76. The first-order valence-corrected chi connectivity index (χ1v) is 9.85. The van der Waals surface area contributed by atoms with E-state index >= 15 is 0 Å². The van der Waals surface area contributed by atoms with Crippen LogP contribution >= 0.6 is 0 Å². The number of ether oxygens (including phenoxy) is 1. The number of hydrogen-bond acceptors (Lipinski definition) is 5. The lowest BCUT2D eigenvalue weighted by Crippen LogP contribution is -2.43. The fourth-order valence-corrected chi connectivity index (χ4v) is 3.86. The fourth-order valence-electron chi connectivity index (χ4n) is 3.86. The van der Waals surface area contributed by atoms with Crippen molar-refractivity contribution in [2.24, 2.45) is 0 Å². The van der Waals surface area contributed by atoms with E-state index in [0.29, 0.717) is 40.7 Å². The molecule has 7 nitrogen and oxygen atoms in total. The first-order chi connectivity index (χ1) is 14.4. The first kappa shape index (κ1) is 19.8. The Hall–Kier alpha value is -3.45. The zero-order valence-corrected chi connectivity index (χ0v) is 17.2. The molecule has 0 aromatic heterocycles. The second-order valence-corrected chi connectivity index (χ2v) is 7.47. The summed E-state index contributed by atoms with van der Waals surface area (Å²) in [5.74, 6) is -0.593. The number of nitrogens with one attached hydrogen (secondary N) is 1. The predicted octanol–water partition coefficient (Wildman–Crippen LogP) is 3.72. The Kier molecular flexibility index (Phi) is 5.13. The number of carbonyl (C=O) groups is 3. The van der Waals surface area contributed by atoms with E-state index in [-0.39, 0.29) is 18.4 Å². The van der Waals surface area contributed by atoms with Gasteiger partial charge in [0.25, 0.3) is 11.8 Å². The van der Waals surface area contributed by atoms with E-state index < -0.39 is 6.09 Å². The summed E-state index contributed by atoms with van der Waals surface area (Å²) >= 11 is 0. The summed E-state index contributed by atoms with van der Waals surface area (Å²) in [6, 6.07) is 12.7. The van der Waals surface area contributed by atoms with Gasteiger partial charge in [0.15, 0.2) is 0 Å². The Morgan fingerprint density at radius 1 is 1.07 bits per heavy atom. The van der Waals surface area contributed by atoms with Gasteiger partial charge in [0.05, 0.1) is 17.9 Å². The molecule has 0 spiro atoms. The van der Waals surface area contributed by atoms with E-state index in [0.717, 1.165) is 10.8 Å². The summed E-state index contributed by atoms with van der Waals surface area (Å²) in [6.45, 7) is 2.87. The molecule has 1 N–H and O–H groups in total. The summed E-state index contributed by atoms with van der Waals surface area (Å²) < 4.78 is 5.00. The maximum absolute atomic E-state index is 13.5. The monoisotopic (exact) mass is 405 g/mol. The normalized spacial score (nSPS) is 13.4. The molecule has 0 radical (unpaired) electrons. The van der Waals surface area contributed by atoms with Crippen LogP contribution in [0.4, 0.5) is 10.5 Å². The van der Waals surface area contributed by atoms with Crippen molar-refractivity contribution in [3.63, 3.8) is 0 Å². The van der Waals surface area contributed by atoms with Crippen molar-refractivity contribution in [3.8, 4) is 0 Å². The maximum atomic E-state index is 13.5. The van der Waals surface area contributed by atoms with Crippen molar-refractivity contribution >= 4 is 45.1 Å². The van der Waals surface area contributed by atoms with Crippen LogP contribution in [0.3, 0.4) is 0 Å². The SMILES string of the molecule is CCOC(=O)Nc1cccc2c3c4c(cccc4cc12)C(=O)N(CCN(C)C)C3=O. The highest BCUT2D eigenvalue weighted by Crippen LogP contribution is 2.38. The van der Waals surface area contributed by atoms with E-state index in [1.165, 1.54) is 4.90 Å². The van der Waals surface area contributed by atoms with Crippen molar-refractivity contribution in [2.75, 3.05) is 39.1 Å². The first-order valence-electron chi connectivity index (χ1n) is 9.85. The molecule has 154 valence electrons. The average molecular weight is 405 g/mol. The molecule has 30 heavy (non-hydrogen) atoms. The van der Waals surface area contributed by atoms with Crippen LogP contribution in [-0.2, 0) is 4.74 Å². The molecule has 1 aliphatic heterocycles. The van der Waals surface area contributed by atoms with Gasteiger partial charge in [-0.1, -0.05) is 24.3 Å². The molecule has 0 saturated heterocycles. The highest BCUT2D eigenvalue weighted by Gasteiger charge is 2.34. The Balaban J connectivity index is 1.94. The Labute approximate surface area is 174 Å². The third-order valence-corrected chi connectivity index (χ3v) is 5.24. The van der Waals surface area contributed by atoms with E-state index in [9.17, 15) is 14.4 Å². The van der Waals surface area contributed by atoms with Gasteiger partial charge in [-0.05, 0) is 50.0 Å². The van der Waals surface area contributed by atoms with Crippen molar-refractivity contribution in [3.05, 3.63) is 53.6 Å². The molecule has 0 aliphatic carbocycles. The number of likely N-dealkylation sites (N-methyl/N-ethyl adjacent to an activating group) is 1. The van der Waals surface area contributed by atoms with Gasteiger partial charge < -0.3 is 9.64 Å². The van der Waals surface area contributed by atoms with Crippen LogP contribution in [0.15, 0.2) is 42.5 Å². The lowest BCUT2D eigenvalue weighted by Gasteiger charge is -2.29. The Morgan fingerprint density at radius 2 is 1.83 bits per heavy atom. The van der Waals surface area contributed by atoms with Gasteiger partial charge in [0.2, 0.25) is 0 Å². The fraction of sp³-hybridized carbons (Fsp3) is 0.261. The minimum atomic E-state index is -0.554. The molecule has 7 heteroatoms. The molecular formula is C23H23N3O4. The number of hydrogen-bond donors (Lipinski definition) is 1. The van der Waals surface area contributed by atoms with Crippen LogP contribution in [0.2, 0.25) is 0 Å². The van der Waals surface area contributed by atoms with Crippen molar-refractivity contribution in [2.45, 2.75) is 6.92 Å². The van der Waals surface area contributed by atoms with Gasteiger partial charge in [-0.2, -0.15) is 0 Å². The number of benzene rings is 3. The van der Waals surface area contributed by atoms with Gasteiger partial charge >= 0.3 is 6.09 Å². The topological polar surface area (TPSA) is 79.0 Å². The predicted molar refractivity (Wildman–Crippen MR) is 116 cm³/mol. The largest absolute Gasteiger partial charge is 0.450 e. The molecule has 3 aromatic rings. The summed E-state index contributed by atoms with van der Waals surface area (Å²) in [6.07, 6.45) is -0.554. The number of imide groups is 1. The van der Waals surface area contributed by atoms with Gasteiger partial charge in [0, 0.05) is 29.4 Å². The standard InChI is InChI=1S/C23H23N3O4/c1-4-30-23(29)24-18-10-6-8-15-17(18)13-14-7-5-9-16-19(14)20(15)22(28)26(21(16)27)12-11-25(2)3/h5-10,13H,4,11-12H2,1-3H3,(H,24,29). The second-order valence-electron chi connectivity index (χ2n) is 7.47. The number of fused-ring (bicyclic) bond motifs is 2. The van der Waals surface area contributed by atoms with Gasteiger partial charge in [0.1, 0.15) is 0 Å². The van der Waals surface area contributed by atoms with Gasteiger partial charge in [-0.25, -0.2) is 4.79 Å². The molecule has 3 amide bonds. The summed E-state index contributed by atoms with van der Waals surface area (Å²) in [4.78, 5) is 41.7. The molecule has 0 unspecified atom stereocenters. The summed E-state index contributed by atoms with van der Waals surface area (Å²) in [5.41, 5.74) is 1.56. The minimum absolute atomic E-state index is 0.259. The van der Waals surface area contributed by atoms with Crippen LogP contribution in [0.25, 0.3) is 21.5 Å². The average Bonchev–Trinajstić information content (AvgIpc) is 2.71. The quantitative estimate of drug-likeness (QED) is 0.517. The van der Waals surface area contributed by atoms with E-state index in [4.69, 9.17) is 4.74 Å². The zero-order chi connectivity index (χ0) is 21.4. The molecule has 1 heterocycles. The lowest BCUT2D eigenvalue weighted by molar-refractivity contribution is 0.0602. The molecule has 1 aliphatic rings. The Morgan fingerprint density at radius 3 is 2.57 bits per heavy atom. The molecule has 0 atom stereocenters. The van der Waals surface area contributed by atoms with E-state index in [1.807, 2.05) is 43.3 Å². The molecule has 0 fully saturated rings. The Bertz CT molecular complexity index is 1190. The van der Waals surface area contributed by atoms with Crippen molar-refractivity contribution < 1.29 is 19.1 Å². The maximum Gasteiger partial charge on any atom is 0.411 e. The lowest BCUT2D eigenvalue weighted by atomic mass is 9.89. The van der Waals surface area contributed by atoms with Crippen LogP contribution in [0.1, 0.15) is 27.6 Å². The van der Waals surface area contributed by atoms with Crippen LogP contribution < -0.4 is 5.32 Å². The smallest absolute Gasteiger partial charge is 0.411 e. The highest BCUT2D eigenvalue weighted by atomic mass is 16.5. The molecule has 0 bridgehead atoms. The van der Waals surface area contributed by atoms with Crippen LogP contribution in [0, 0.1) is 0 Å². The third-order valence-electron chi connectivity index (χ3n) is 5.24. The third kappa shape index (κ3) is 3.27. The number of amides is 3. The van der Waals surface area contributed by atoms with E-state index in [2.05, 4.69) is 5.32 Å². The van der Waals surface area contributed by atoms with Gasteiger partial charge in [-0.15, -0.1) is 0 Å². The number of anilines is 1. The van der Waals surface area contributed by atoms with Crippen molar-refractivity contribution in [1.29, 1.82) is 0 Å². The van der Waals surface area contributed by atoms with Crippen LogP contribution in [0.5, 0.6) is 0 Å². The zero-order valence-electron chi connectivity index (χ0n) is 17.2. The van der Waals surface area contributed by atoms with E-state index in [1.54, 1.807) is 25.1 Å². The molecular weight excluding hydrogens is 382 g/mol. The summed E-state index contributed by atoms with van der Waals surface area (Å²) in [7, 11) is 3.80. The highest BCUT2D eigenvalue weighted by molar-refractivity contribution is 6.31.